The first-order chi connectivity index (χ1) is 7.24. The minimum atomic E-state index is 0.351. The van der Waals surface area contributed by atoms with Crippen LogP contribution in [0.3, 0.4) is 0 Å². The van der Waals surface area contributed by atoms with Crippen LogP contribution >= 0.6 is 0 Å². The van der Waals surface area contributed by atoms with Crippen LogP contribution in [0.5, 0.6) is 0 Å². The van der Waals surface area contributed by atoms with Crippen molar-refractivity contribution in [3.63, 3.8) is 0 Å². The molecule has 0 radical (unpaired) electrons. The van der Waals surface area contributed by atoms with Gasteiger partial charge >= 0.3 is 0 Å². The number of para-hydroxylation sites is 1. The number of hydrogen-bond acceptors (Lipinski definition) is 3. The highest BCUT2D eigenvalue weighted by atomic mass is 16.5. The quantitative estimate of drug-likeness (QED) is 0.701. The van der Waals surface area contributed by atoms with Crippen molar-refractivity contribution in [3.05, 3.63) is 29.8 Å². The SMILES string of the molecule is CCOCC(C)NCc1ccccc1N. The Morgan fingerprint density at radius 2 is 2.13 bits per heavy atom. The Bertz CT molecular complexity index is 289. The molecule has 1 unspecified atom stereocenters. The van der Waals surface area contributed by atoms with Crippen molar-refractivity contribution in [2.75, 3.05) is 18.9 Å². The normalized spacial score (nSPS) is 12.7. The molecule has 1 aromatic rings. The highest BCUT2D eigenvalue weighted by Gasteiger charge is 2.02. The van der Waals surface area contributed by atoms with Gasteiger partial charge in [0.15, 0.2) is 0 Å². The molecule has 0 amide bonds. The molecule has 1 atom stereocenters. The van der Waals surface area contributed by atoms with Crippen LogP contribution in [-0.4, -0.2) is 19.3 Å². The Kier molecular flexibility index (Phi) is 5.15. The van der Waals surface area contributed by atoms with Gasteiger partial charge in [0.25, 0.3) is 0 Å². The Hall–Kier alpha value is -1.06. The molecular weight excluding hydrogens is 188 g/mol. The number of rotatable bonds is 6. The summed E-state index contributed by atoms with van der Waals surface area (Å²) in [5.41, 5.74) is 7.82. The van der Waals surface area contributed by atoms with E-state index < -0.39 is 0 Å². The van der Waals surface area contributed by atoms with Gasteiger partial charge in [-0.25, -0.2) is 0 Å². The number of nitrogens with one attached hydrogen (secondary N) is 1. The van der Waals surface area contributed by atoms with Crippen LogP contribution in [0, 0.1) is 0 Å². The van der Waals surface area contributed by atoms with Gasteiger partial charge in [-0.05, 0) is 25.5 Å². The molecule has 1 rings (SSSR count). The molecule has 0 saturated carbocycles. The number of benzene rings is 1. The maximum atomic E-state index is 5.84. The smallest absolute Gasteiger partial charge is 0.0616 e. The second kappa shape index (κ2) is 6.43. The molecule has 3 nitrogen and oxygen atoms in total. The molecule has 0 spiro atoms. The van der Waals surface area contributed by atoms with Crippen molar-refractivity contribution in [1.29, 1.82) is 0 Å². The highest BCUT2D eigenvalue weighted by Crippen LogP contribution is 2.09. The average Bonchev–Trinajstić information content (AvgIpc) is 2.25. The van der Waals surface area contributed by atoms with E-state index in [0.29, 0.717) is 6.04 Å². The van der Waals surface area contributed by atoms with E-state index in [-0.39, 0.29) is 0 Å². The van der Waals surface area contributed by atoms with Gasteiger partial charge in [-0.2, -0.15) is 0 Å². The van der Waals surface area contributed by atoms with Crippen molar-refractivity contribution in [2.45, 2.75) is 26.4 Å². The Morgan fingerprint density at radius 1 is 1.40 bits per heavy atom. The minimum absolute atomic E-state index is 0.351. The number of ether oxygens (including phenoxy) is 1. The molecule has 0 saturated heterocycles. The summed E-state index contributed by atoms with van der Waals surface area (Å²) < 4.78 is 5.32. The third-order valence-electron chi connectivity index (χ3n) is 2.27. The molecule has 0 aliphatic carbocycles. The lowest BCUT2D eigenvalue weighted by atomic mass is 10.2. The summed E-state index contributed by atoms with van der Waals surface area (Å²) in [7, 11) is 0. The molecule has 3 heteroatoms. The molecular formula is C12H20N2O. The summed E-state index contributed by atoms with van der Waals surface area (Å²) in [5, 5.41) is 3.37. The van der Waals surface area contributed by atoms with Crippen molar-refractivity contribution in [2.24, 2.45) is 0 Å². The molecule has 3 N–H and O–H groups in total. The summed E-state index contributed by atoms with van der Waals surface area (Å²) >= 11 is 0. The van der Waals surface area contributed by atoms with E-state index in [1.807, 2.05) is 31.2 Å². The van der Waals surface area contributed by atoms with Crippen LogP contribution in [-0.2, 0) is 11.3 Å². The van der Waals surface area contributed by atoms with Crippen molar-refractivity contribution < 1.29 is 4.74 Å². The zero-order chi connectivity index (χ0) is 11.1. The average molecular weight is 208 g/mol. The standard InChI is InChI=1S/C12H20N2O/c1-3-15-9-10(2)14-8-11-6-4-5-7-12(11)13/h4-7,10,14H,3,8-9,13H2,1-2H3. The fourth-order valence-electron chi connectivity index (χ4n) is 1.33. The lowest BCUT2D eigenvalue weighted by Gasteiger charge is -2.14. The first kappa shape index (κ1) is 12.0. The van der Waals surface area contributed by atoms with Crippen LogP contribution in [0.2, 0.25) is 0 Å². The second-order valence-electron chi connectivity index (χ2n) is 3.64. The maximum absolute atomic E-state index is 5.84. The van der Waals surface area contributed by atoms with Gasteiger partial charge in [0, 0.05) is 24.9 Å². The molecule has 0 heterocycles. The highest BCUT2D eigenvalue weighted by molar-refractivity contribution is 5.46. The number of nitrogen functional groups attached to an aromatic ring is 1. The first-order valence-electron chi connectivity index (χ1n) is 5.38. The first-order valence-corrected chi connectivity index (χ1v) is 5.38. The van der Waals surface area contributed by atoms with Crippen LogP contribution in [0.15, 0.2) is 24.3 Å². The predicted molar refractivity (Wildman–Crippen MR) is 63.6 cm³/mol. The van der Waals surface area contributed by atoms with Crippen LogP contribution in [0.25, 0.3) is 0 Å². The van der Waals surface area contributed by atoms with Crippen molar-refractivity contribution in [1.82, 2.24) is 5.32 Å². The fraction of sp³-hybridized carbons (Fsp3) is 0.500. The second-order valence-corrected chi connectivity index (χ2v) is 3.64. The van der Waals surface area contributed by atoms with Crippen molar-refractivity contribution >= 4 is 5.69 Å². The van der Waals surface area contributed by atoms with Crippen LogP contribution < -0.4 is 11.1 Å². The van der Waals surface area contributed by atoms with Gasteiger partial charge in [-0.3, -0.25) is 0 Å². The summed E-state index contributed by atoms with van der Waals surface area (Å²) in [6.07, 6.45) is 0. The molecule has 0 fully saturated rings. The predicted octanol–water partition coefficient (Wildman–Crippen LogP) is 1.78. The monoisotopic (exact) mass is 208 g/mol. The summed E-state index contributed by atoms with van der Waals surface area (Å²) in [6, 6.07) is 8.26. The Morgan fingerprint density at radius 3 is 2.80 bits per heavy atom. The van der Waals surface area contributed by atoms with Gasteiger partial charge < -0.3 is 15.8 Å². The molecule has 1 aromatic carbocycles. The van der Waals surface area contributed by atoms with Crippen molar-refractivity contribution in [3.8, 4) is 0 Å². The van der Waals surface area contributed by atoms with Crippen LogP contribution in [0.4, 0.5) is 5.69 Å². The molecule has 0 bridgehead atoms. The van der Waals surface area contributed by atoms with E-state index in [4.69, 9.17) is 10.5 Å². The van der Waals surface area contributed by atoms with Gasteiger partial charge in [0.2, 0.25) is 0 Å². The lowest BCUT2D eigenvalue weighted by molar-refractivity contribution is 0.127. The summed E-state index contributed by atoms with van der Waals surface area (Å²) in [4.78, 5) is 0. The maximum Gasteiger partial charge on any atom is 0.0616 e. The van der Waals surface area contributed by atoms with E-state index in [9.17, 15) is 0 Å². The molecule has 15 heavy (non-hydrogen) atoms. The zero-order valence-corrected chi connectivity index (χ0v) is 9.49. The van der Waals surface area contributed by atoms with Gasteiger partial charge in [0.05, 0.1) is 6.61 Å². The number of nitrogens with two attached hydrogens (primary N) is 1. The molecule has 0 aliphatic rings. The van der Waals surface area contributed by atoms with Gasteiger partial charge in [0.1, 0.15) is 0 Å². The fourth-order valence-corrected chi connectivity index (χ4v) is 1.33. The Balaban J connectivity index is 2.33. The zero-order valence-electron chi connectivity index (χ0n) is 9.49. The molecule has 0 aliphatic heterocycles. The van der Waals surface area contributed by atoms with E-state index >= 15 is 0 Å². The number of hydrogen-bond donors (Lipinski definition) is 2. The summed E-state index contributed by atoms with van der Waals surface area (Å²) in [6.45, 7) is 6.40. The largest absolute Gasteiger partial charge is 0.398 e. The Labute approximate surface area is 91.6 Å². The summed E-state index contributed by atoms with van der Waals surface area (Å²) in [5.74, 6) is 0. The van der Waals surface area contributed by atoms with E-state index in [1.54, 1.807) is 0 Å². The molecule has 0 aromatic heterocycles. The van der Waals surface area contributed by atoms with E-state index in [1.165, 1.54) is 0 Å². The lowest BCUT2D eigenvalue weighted by Crippen LogP contribution is -2.30. The van der Waals surface area contributed by atoms with Crippen LogP contribution in [0.1, 0.15) is 19.4 Å². The number of anilines is 1. The van der Waals surface area contributed by atoms with E-state index in [0.717, 1.165) is 31.0 Å². The minimum Gasteiger partial charge on any atom is -0.398 e. The van der Waals surface area contributed by atoms with Gasteiger partial charge in [-0.15, -0.1) is 0 Å². The molecule has 84 valence electrons. The topological polar surface area (TPSA) is 47.3 Å². The third-order valence-corrected chi connectivity index (χ3v) is 2.27. The van der Waals surface area contributed by atoms with Gasteiger partial charge in [-0.1, -0.05) is 18.2 Å². The third kappa shape index (κ3) is 4.32. The van der Waals surface area contributed by atoms with E-state index in [2.05, 4.69) is 12.2 Å².